The van der Waals surface area contributed by atoms with E-state index in [-0.39, 0.29) is 5.92 Å². The first-order valence-electron chi connectivity index (χ1n) is 4.35. The lowest BCUT2D eigenvalue weighted by molar-refractivity contribution is -0.142. The number of aromatic nitrogens is 1. The predicted octanol–water partition coefficient (Wildman–Crippen LogP) is 1.64. The van der Waals surface area contributed by atoms with Crippen LogP contribution < -0.4 is 0 Å². The minimum Gasteiger partial charge on any atom is -0.481 e. The van der Waals surface area contributed by atoms with Gasteiger partial charge in [0.05, 0.1) is 11.6 Å². The number of fused-ring (bicyclic) bond motifs is 1. The molecule has 3 nitrogen and oxygen atoms in total. The highest BCUT2D eigenvalue weighted by atomic mass is 32.1. The van der Waals surface area contributed by atoms with Crippen molar-refractivity contribution in [2.24, 2.45) is 5.92 Å². The monoisotopic (exact) mass is 197 g/mol. The lowest BCUT2D eigenvalue weighted by Gasteiger charge is -2.17. The van der Waals surface area contributed by atoms with Gasteiger partial charge in [0.15, 0.2) is 0 Å². The van der Waals surface area contributed by atoms with Gasteiger partial charge >= 0.3 is 5.97 Å². The van der Waals surface area contributed by atoms with Crippen LogP contribution in [-0.4, -0.2) is 15.4 Å². The van der Waals surface area contributed by atoms with Crippen LogP contribution in [0.15, 0.2) is 0 Å². The van der Waals surface area contributed by atoms with E-state index in [2.05, 4.69) is 4.37 Å². The molecule has 0 fully saturated rings. The highest BCUT2D eigenvalue weighted by molar-refractivity contribution is 7.06. The largest absolute Gasteiger partial charge is 0.481 e. The molecule has 0 aromatic carbocycles. The molecule has 1 atom stereocenters. The smallest absolute Gasteiger partial charge is 0.306 e. The Morgan fingerprint density at radius 1 is 1.69 bits per heavy atom. The first-order valence-corrected chi connectivity index (χ1v) is 5.12. The second-order valence-electron chi connectivity index (χ2n) is 3.45. The lowest BCUT2D eigenvalue weighted by Crippen LogP contribution is -2.21. The summed E-state index contributed by atoms with van der Waals surface area (Å²) in [5, 5.41) is 8.85. The standard InChI is InChI=1S/C9H11NO2S/c1-5-7-3-2-6(9(11)12)4-8(7)13-10-5/h6H,2-4H2,1H3,(H,11,12). The molecule has 4 heteroatoms. The van der Waals surface area contributed by atoms with Crippen molar-refractivity contribution in [3.05, 3.63) is 16.1 Å². The van der Waals surface area contributed by atoms with Crippen molar-refractivity contribution in [3.8, 4) is 0 Å². The van der Waals surface area contributed by atoms with Crippen LogP contribution in [-0.2, 0) is 17.6 Å². The van der Waals surface area contributed by atoms with Crippen LogP contribution in [0.4, 0.5) is 0 Å². The van der Waals surface area contributed by atoms with Gasteiger partial charge in [-0.3, -0.25) is 4.79 Å². The highest BCUT2D eigenvalue weighted by Gasteiger charge is 2.26. The molecule has 13 heavy (non-hydrogen) atoms. The number of carbonyl (C=O) groups is 1. The third-order valence-electron chi connectivity index (χ3n) is 2.59. The fourth-order valence-electron chi connectivity index (χ4n) is 1.77. The van der Waals surface area contributed by atoms with Crippen LogP contribution in [0.2, 0.25) is 0 Å². The molecule has 0 saturated heterocycles. The van der Waals surface area contributed by atoms with E-state index < -0.39 is 5.97 Å². The Bertz CT molecular complexity index is 345. The SMILES string of the molecule is Cc1nsc2c1CCC(C(=O)O)C2. The Hall–Kier alpha value is -0.900. The summed E-state index contributed by atoms with van der Waals surface area (Å²) in [5.41, 5.74) is 2.38. The number of nitrogens with zero attached hydrogens (tertiary/aromatic N) is 1. The molecule has 1 unspecified atom stereocenters. The van der Waals surface area contributed by atoms with Crippen molar-refractivity contribution >= 4 is 17.5 Å². The van der Waals surface area contributed by atoms with E-state index in [4.69, 9.17) is 5.11 Å². The molecule has 0 bridgehead atoms. The summed E-state index contributed by atoms with van der Waals surface area (Å²) in [4.78, 5) is 11.9. The molecule has 0 spiro atoms. The van der Waals surface area contributed by atoms with Gasteiger partial charge in [-0.2, -0.15) is 4.37 Å². The second kappa shape index (κ2) is 3.10. The zero-order valence-corrected chi connectivity index (χ0v) is 8.23. The van der Waals surface area contributed by atoms with Crippen molar-refractivity contribution in [1.29, 1.82) is 0 Å². The van der Waals surface area contributed by atoms with Gasteiger partial charge < -0.3 is 5.11 Å². The van der Waals surface area contributed by atoms with Crippen molar-refractivity contribution in [3.63, 3.8) is 0 Å². The predicted molar refractivity (Wildman–Crippen MR) is 50.0 cm³/mol. The fourth-order valence-corrected chi connectivity index (χ4v) is 2.76. The zero-order valence-electron chi connectivity index (χ0n) is 7.41. The van der Waals surface area contributed by atoms with Crippen molar-refractivity contribution in [2.45, 2.75) is 26.2 Å². The number of rotatable bonds is 1. The molecule has 0 aliphatic heterocycles. The van der Waals surface area contributed by atoms with Gasteiger partial charge in [-0.05, 0) is 43.3 Å². The maximum absolute atomic E-state index is 10.8. The van der Waals surface area contributed by atoms with E-state index in [0.29, 0.717) is 6.42 Å². The molecule has 0 amide bonds. The average Bonchev–Trinajstić information content (AvgIpc) is 2.47. The van der Waals surface area contributed by atoms with Crippen LogP contribution in [0.25, 0.3) is 0 Å². The number of carboxylic acid groups (broad SMARTS) is 1. The third kappa shape index (κ3) is 1.46. The Kier molecular flexibility index (Phi) is 2.07. The van der Waals surface area contributed by atoms with Gasteiger partial charge in [-0.15, -0.1) is 0 Å². The molecule has 2 rings (SSSR count). The fraction of sp³-hybridized carbons (Fsp3) is 0.556. The molecule has 1 aliphatic rings. The van der Waals surface area contributed by atoms with Crippen molar-refractivity contribution < 1.29 is 9.90 Å². The van der Waals surface area contributed by atoms with Crippen molar-refractivity contribution in [1.82, 2.24) is 4.37 Å². The molecule has 1 aromatic heterocycles. The highest BCUT2D eigenvalue weighted by Crippen LogP contribution is 2.30. The van der Waals surface area contributed by atoms with Gasteiger partial charge in [0.1, 0.15) is 0 Å². The first kappa shape index (κ1) is 8.69. The lowest BCUT2D eigenvalue weighted by atomic mass is 9.88. The number of hydrogen-bond acceptors (Lipinski definition) is 3. The maximum Gasteiger partial charge on any atom is 0.306 e. The number of aliphatic carboxylic acids is 1. The van der Waals surface area contributed by atoms with Crippen molar-refractivity contribution in [2.75, 3.05) is 0 Å². The van der Waals surface area contributed by atoms with Gasteiger partial charge in [0.25, 0.3) is 0 Å². The Balaban J connectivity index is 2.25. The summed E-state index contributed by atoms with van der Waals surface area (Å²) in [7, 11) is 0. The molecule has 1 aliphatic carbocycles. The van der Waals surface area contributed by atoms with Crippen LogP contribution in [0.5, 0.6) is 0 Å². The molecule has 1 heterocycles. The average molecular weight is 197 g/mol. The van der Waals surface area contributed by atoms with E-state index in [1.807, 2.05) is 6.92 Å². The van der Waals surface area contributed by atoms with E-state index in [9.17, 15) is 4.79 Å². The minimum absolute atomic E-state index is 0.188. The van der Waals surface area contributed by atoms with Gasteiger partial charge in [-0.1, -0.05) is 0 Å². The summed E-state index contributed by atoms with van der Waals surface area (Å²) in [6.45, 7) is 2.00. The molecule has 0 radical (unpaired) electrons. The molecule has 1 aromatic rings. The van der Waals surface area contributed by atoms with E-state index in [1.165, 1.54) is 22.0 Å². The molecule has 1 N–H and O–H groups in total. The number of aryl methyl sites for hydroxylation is 1. The quantitative estimate of drug-likeness (QED) is 0.744. The molecule has 70 valence electrons. The van der Waals surface area contributed by atoms with E-state index in [1.54, 1.807) is 0 Å². The Morgan fingerprint density at radius 3 is 3.15 bits per heavy atom. The topological polar surface area (TPSA) is 50.2 Å². The zero-order chi connectivity index (χ0) is 9.42. The van der Waals surface area contributed by atoms with Crippen LogP contribution in [0.3, 0.4) is 0 Å². The van der Waals surface area contributed by atoms with Crippen LogP contribution >= 0.6 is 11.5 Å². The minimum atomic E-state index is -0.670. The summed E-state index contributed by atoms with van der Waals surface area (Å²) in [5.74, 6) is -0.857. The maximum atomic E-state index is 10.8. The van der Waals surface area contributed by atoms with Gasteiger partial charge in [0, 0.05) is 4.88 Å². The van der Waals surface area contributed by atoms with Gasteiger partial charge in [-0.25, -0.2) is 0 Å². The van der Waals surface area contributed by atoms with Crippen LogP contribution in [0.1, 0.15) is 22.6 Å². The normalized spacial score (nSPS) is 21.2. The summed E-state index contributed by atoms with van der Waals surface area (Å²) >= 11 is 1.46. The molecular weight excluding hydrogens is 186 g/mol. The first-order chi connectivity index (χ1) is 6.18. The van der Waals surface area contributed by atoms with Gasteiger partial charge in [0.2, 0.25) is 0 Å². The second-order valence-corrected chi connectivity index (χ2v) is 4.31. The Labute approximate surface area is 80.6 Å². The summed E-state index contributed by atoms with van der Waals surface area (Å²) in [6, 6.07) is 0. The number of carboxylic acids is 1. The van der Waals surface area contributed by atoms with Crippen LogP contribution in [0, 0.1) is 12.8 Å². The molecular formula is C9H11NO2S. The van der Waals surface area contributed by atoms with E-state index in [0.717, 1.165) is 18.5 Å². The summed E-state index contributed by atoms with van der Waals surface area (Å²) < 4.78 is 4.24. The summed E-state index contributed by atoms with van der Waals surface area (Å²) in [6.07, 6.45) is 2.33. The molecule has 0 saturated carbocycles. The third-order valence-corrected chi connectivity index (χ3v) is 3.59. The Morgan fingerprint density at radius 2 is 2.46 bits per heavy atom. The number of hydrogen-bond donors (Lipinski definition) is 1. The van der Waals surface area contributed by atoms with E-state index >= 15 is 0 Å².